The van der Waals surface area contributed by atoms with Crippen LogP contribution in [0.5, 0.6) is 0 Å². The van der Waals surface area contributed by atoms with E-state index in [1.165, 1.54) is 24.3 Å². The van der Waals surface area contributed by atoms with Crippen LogP contribution in [-0.4, -0.2) is 41.3 Å². The van der Waals surface area contributed by atoms with Crippen LogP contribution in [0.1, 0.15) is 65.6 Å². The third-order valence-corrected chi connectivity index (χ3v) is 8.26. The number of halogens is 9. The maximum Gasteiger partial charge on any atom is 0.416 e. The molecule has 0 bridgehead atoms. The lowest BCUT2D eigenvalue weighted by molar-refractivity contribution is -0.190. The molecule has 1 heterocycles. The van der Waals surface area contributed by atoms with Crippen molar-refractivity contribution in [2.24, 2.45) is 5.41 Å². The zero-order valence-corrected chi connectivity index (χ0v) is 23.1. The zero-order valence-electron chi connectivity index (χ0n) is 23.1. The second-order valence-electron chi connectivity index (χ2n) is 11.6. The Morgan fingerprint density at radius 1 is 0.844 bits per heavy atom. The molecule has 16 heteroatoms. The van der Waals surface area contributed by atoms with Crippen molar-refractivity contribution in [1.82, 2.24) is 10.6 Å². The Morgan fingerprint density at radius 3 is 1.93 bits per heavy atom. The van der Waals surface area contributed by atoms with Crippen molar-refractivity contribution in [3.63, 3.8) is 0 Å². The number of nitrogens with zero attached hydrogens (tertiary/aromatic N) is 1. The van der Waals surface area contributed by atoms with Gasteiger partial charge in [0.2, 0.25) is 17.7 Å². The van der Waals surface area contributed by atoms with Crippen LogP contribution in [0.3, 0.4) is 0 Å². The summed E-state index contributed by atoms with van der Waals surface area (Å²) >= 11 is 0. The summed E-state index contributed by atoms with van der Waals surface area (Å²) in [5, 5.41) is 4.63. The highest BCUT2D eigenvalue weighted by Crippen LogP contribution is 2.60. The molecule has 7 nitrogen and oxygen atoms in total. The molecule has 2 N–H and O–H groups in total. The minimum atomic E-state index is -5.16. The summed E-state index contributed by atoms with van der Waals surface area (Å²) in [6.45, 7) is -0.843. The van der Waals surface area contributed by atoms with Crippen LogP contribution in [-0.2, 0) is 33.3 Å². The first-order chi connectivity index (χ1) is 20.7. The quantitative estimate of drug-likeness (QED) is 0.376. The van der Waals surface area contributed by atoms with Crippen LogP contribution in [0.4, 0.5) is 45.2 Å². The molecule has 45 heavy (non-hydrogen) atoms. The van der Waals surface area contributed by atoms with Gasteiger partial charge in [-0.1, -0.05) is 12.1 Å². The monoisotopic (exact) mass is 649 g/mol. The van der Waals surface area contributed by atoms with Gasteiger partial charge < -0.3 is 15.5 Å². The lowest BCUT2D eigenvalue weighted by Gasteiger charge is -2.28. The van der Waals surface area contributed by atoms with Crippen molar-refractivity contribution in [2.45, 2.75) is 75.2 Å². The Hall–Kier alpha value is -4.11. The van der Waals surface area contributed by atoms with Crippen molar-refractivity contribution in [1.29, 1.82) is 0 Å². The first-order valence-corrected chi connectivity index (χ1v) is 13.7. The van der Waals surface area contributed by atoms with E-state index in [1.54, 1.807) is 0 Å². The van der Waals surface area contributed by atoms with Crippen LogP contribution in [0.15, 0.2) is 42.5 Å². The minimum absolute atomic E-state index is 0.0207. The third kappa shape index (κ3) is 6.50. The van der Waals surface area contributed by atoms with Crippen molar-refractivity contribution in [3.8, 4) is 0 Å². The molecule has 1 aliphatic heterocycles. The van der Waals surface area contributed by atoms with Gasteiger partial charge in [-0.15, -0.1) is 0 Å². The number of rotatable bonds is 7. The summed E-state index contributed by atoms with van der Waals surface area (Å²) in [5.74, 6) is -3.71. The number of carbonyl (C=O) groups is 4. The molecule has 3 aliphatic rings. The SMILES string of the molecule is O=C(CC1(C(F)(F)F)CC1)NC1(C(=O)N[C@@H]2CC(=O)c3ccccc3N(Cc3cc(C(F)(F)F)cc(C(F)(F)F)c3)C2=O)CC1. The maximum atomic E-state index is 13.7. The van der Waals surface area contributed by atoms with Gasteiger partial charge in [0.15, 0.2) is 5.78 Å². The topological polar surface area (TPSA) is 95.6 Å². The van der Waals surface area contributed by atoms with E-state index in [1.807, 2.05) is 0 Å². The lowest BCUT2D eigenvalue weighted by Crippen LogP contribution is -2.56. The third-order valence-electron chi connectivity index (χ3n) is 8.26. The fourth-order valence-corrected chi connectivity index (χ4v) is 5.36. The fourth-order valence-electron chi connectivity index (χ4n) is 5.36. The molecule has 2 saturated carbocycles. The maximum absolute atomic E-state index is 13.7. The van der Waals surface area contributed by atoms with Gasteiger partial charge in [0.05, 0.1) is 28.8 Å². The van der Waals surface area contributed by atoms with Gasteiger partial charge in [-0.05, 0) is 61.6 Å². The van der Waals surface area contributed by atoms with Gasteiger partial charge in [-0.3, -0.25) is 19.2 Å². The molecule has 2 aromatic carbocycles. The molecule has 2 aliphatic carbocycles. The standard InChI is InChI=1S/C29H24F9N3O4/c30-27(31,32)16-9-15(10-17(11-16)28(33,34)35)14-41-20-4-2-1-3-18(20)21(42)12-19(23(41)44)39-24(45)26(7-8-26)40-22(43)13-25(5-6-25)29(36,37)38/h1-4,9-11,19H,5-8,12-14H2,(H,39,45)(H,40,43)/t19-/m1/s1. The highest BCUT2D eigenvalue weighted by atomic mass is 19.4. The molecule has 3 amide bonds. The molecular weight excluding hydrogens is 625 g/mol. The number of ketones is 1. The van der Waals surface area contributed by atoms with Gasteiger partial charge in [0.1, 0.15) is 11.6 Å². The van der Waals surface area contributed by atoms with Gasteiger partial charge >= 0.3 is 18.5 Å². The first-order valence-electron chi connectivity index (χ1n) is 13.7. The van der Waals surface area contributed by atoms with Crippen molar-refractivity contribution in [2.75, 3.05) is 4.90 Å². The number of hydrogen-bond donors (Lipinski definition) is 2. The summed E-state index contributed by atoms with van der Waals surface area (Å²) in [4.78, 5) is 53.4. The summed E-state index contributed by atoms with van der Waals surface area (Å²) in [7, 11) is 0. The van der Waals surface area contributed by atoms with E-state index in [0.29, 0.717) is 12.1 Å². The number of hydrogen-bond acceptors (Lipinski definition) is 4. The molecule has 0 unspecified atom stereocenters. The highest BCUT2D eigenvalue weighted by molar-refractivity contribution is 6.13. The predicted molar refractivity (Wildman–Crippen MR) is 137 cm³/mol. The Labute approximate surface area is 249 Å². The number of amides is 3. The van der Waals surface area contributed by atoms with Crippen LogP contribution in [0, 0.1) is 5.41 Å². The first kappa shape index (κ1) is 32.3. The zero-order chi connectivity index (χ0) is 33.2. The molecule has 2 aromatic rings. The summed E-state index contributed by atoms with van der Waals surface area (Å²) in [6, 6.07) is 4.52. The second kappa shape index (κ2) is 10.8. The summed E-state index contributed by atoms with van der Waals surface area (Å²) in [5.41, 5.74) is -7.82. The van der Waals surface area contributed by atoms with Crippen LogP contribution in [0.25, 0.3) is 0 Å². The number of Topliss-reactive ketones (excluding diaryl/α,β-unsaturated/α-hetero) is 1. The van der Waals surface area contributed by atoms with Crippen molar-refractivity contribution < 1.29 is 58.7 Å². The Morgan fingerprint density at radius 2 is 1.42 bits per heavy atom. The van der Waals surface area contributed by atoms with Crippen LogP contribution >= 0.6 is 0 Å². The second-order valence-corrected chi connectivity index (χ2v) is 11.6. The van der Waals surface area contributed by atoms with Gasteiger partial charge in [0.25, 0.3) is 0 Å². The number of para-hydroxylation sites is 1. The van der Waals surface area contributed by atoms with E-state index >= 15 is 0 Å². The van der Waals surface area contributed by atoms with Gasteiger partial charge in [0, 0.05) is 18.4 Å². The molecular formula is C29H24F9N3O4. The molecule has 5 rings (SSSR count). The van der Waals surface area contributed by atoms with Crippen molar-refractivity contribution >= 4 is 29.2 Å². The van der Waals surface area contributed by atoms with E-state index in [-0.39, 0.29) is 43.0 Å². The van der Waals surface area contributed by atoms with Crippen LogP contribution < -0.4 is 15.5 Å². The van der Waals surface area contributed by atoms with E-state index in [9.17, 15) is 58.7 Å². The van der Waals surface area contributed by atoms with E-state index in [4.69, 9.17) is 0 Å². The largest absolute Gasteiger partial charge is 0.416 e. The number of carbonyl (C=O) groups excluding carboxylic acids is 4. The smallest absolute Gasteiger partial charge is 0.342 e. The van der Waals surface area contributed by atoms with E-state index < -0.39 is 95.1 Å². The van der Waals surface area contributed by atoms with Gasteiger partial charge in [-0.2, -0.15) is 39.5 Å². The Kier molecular flexibility index (Phi) is 7.72. The van der Waals surface area contributed by atoms with Crippen LogP contribution in [0.2, 0.25) is 0 Å². The Balaban J connectivity index is 1.41. The van der Waals surface area contributed by atoms with E-state index in [2.05, 4.69) is 10.6 Å². The number of nitrogens with one attached hydrogen (secondary N) is 2. The molecule has 0 spiro atoms. The number of alkyl halides is 9. The lowest BCUT2D eigenvalue weighted by atomic mass is 10.0. The average Bonchev–Trinajstić information content (AvgIpc) is 3.86. The number of fused-ring (bicyclic) bond motifs is 1. The Bertz CT molecular complexity index is 1520. The predicted octanol–water partition coefficient (Wildman–Crippen LogP) is 5.71. The fraction of sp³-hybridized carbons (Fsp3) is 0.448. The van der Waals surface area contributed by atoms with E-state index in [0.717, 1.165) is 4.90 Å². The highest BCUT2D eigenvalue weighted by Gasteiger charge is 2.64. The summed E-state index contributed by atoms with van der Waals surface area (Å²) in [6.07, 6.45) is -16.9. The molecule has 1 atom stereocenters. The normalized spacial score (nSPS) is 20.6. The molecule has 0 saturated heterocycles. The number of anilines is 1. The summed E-state index contributed by atoms with van der Waals surface area (Å²) < 4.78 is 121. The average molecular weight is 650 g/mol. The molecule has 0 radical (unpaired) electrons. The molecule has 0 aromatic heterocycles. The molecule has 242 valence electrons. The minimum Gasteiger partial charge on any atom is -0.342 e. The van der Waals surface area contributed by atoms with Gasteiger partial charge in [-0.25, -0.2) is 0 Å². The molecule has 2 fully saturated rings. The van der Waals surface area contributed by atoms with Crippen molar-refractivity contribution in [3.05, 3.63) is 64.7 Å². The number of benzene rings is 2.